The van der Waals surface area contributed by atoms with E-state index < -0.39 is 0 Å². The Labute approximate surface area is 132 Å². The first-order valence-electron chi connectivity index (χ1n) is 6.29. The second-order valence-electron chi connectivity index (χ2n) is 4.72. The third kappa shape index (κ3) is 2.73. The highest BCUT2D eigenvalue weighted by molar-refractivity contribution is 6.36. The van der Waals surface area contributed by atoms with Gasteiger partial charge in [-0.2, -0.15) is 0 Å². The molecule has 3 aromatic rings. The lowest BCUT2D eigenvalue weighted by Crippen LogP contribution is -1.99. The van der Waals surface area contributed by atoms with Crippen molar-refractivity contribution in [3.8, 4) is 16.9 Å². The summed E-state index contributed by atoms with van der Waals surface area (Å²) in [5.41, 5.74) is 9.92. The minimum absolute atomic E-state index is 0.541. The van der Waals surface area contributed by atoms with Crippen LogP contribution in [0.1, 0.15) is 5.56 Å². The largest absolute Gasteiger partial charge is 0.399 e. The lowest BCUT2D eigenvalue weighted by molar-refractivity contribution is 0.799. The average molecular weight is 319 g/mol. The van der Waals surface area contributed by atoms with Gasteiger partial charge >= 0.3 is 0 Å². The summed E-state index contributed by atoms with van der Waals surface area (Å²) in [6.07, 6.45) is 1.82. The Morgan fingerprint density at radius 3 is 2.67 bits per heavy atom. The highest BCUT2D eigenvalue weighted by Crippen LogP contribution is 2.29. The maximum absolute atomic E-state index is 6.19. The third-order valence-corrected chi connectivity index (χ3v) is 3.73. The number of rotatable bonds is 2. The molecular formula is C15H12Cl2N4. The van der Waals surface area contributed by atoms with Crippen LogP contribution in [0.3, 0.4) is 0 Å². The molecular weight excluding hydrogens is 307 g/mol. The smallest absolute Gasteiger partial charge is 0.115 e. The molecule has 0 unspecified atom stereocenters. The van der Waals surface area contributed by atoms with E-state index in [-0.39, 0.29) is 0 Å². The molecule has 0 saturated carbocycles. The number of hydrogen-bond donors (Lipinski definition) is 1. The van der Waals surface area contributed by atoms with Gasteiger partial charge in [0.05, 0.1) is 16.9 Å². The molecule has 1 heterocycles. The number of anilines is 1. The molecule has 1 aromatic heterocycles. The maximum atomic E-state index is 6.19. The fraction of sp³-hybridized carbons (Fsp3) is 0.0667. The second kappa shape index (κ2) is 5.39. The molecule has 0 radical (unpaired) electrons. The van der Waals surface area contributed by atoms with Crippen LogP contribution in [-0.2, 0) is 0 Å². The molecule has 0 amide bonds. The number of nitrogens with two attached hydrogens (primary N) is 1. The molecule has 2 aromatic carbocycles. The lowest BCUT2D eigenvalue weighted by Gasteiger charge is -2.05. The van der Waals surface area contributed by atoms with Gasteiger partial charge in [-0.1, -0.05) is 34.5 Å². The number of halogens is 2. The number of benzene rings is 2. The molecule has 3 rings (SSSR count). The zero-order valence-corrected chi connectivity index (χ0v) is 12.7. The van der Waals surface area contributed by atoms with E-state index in [1.807, 2.05) is 37.4 Å². The van der Waals surface area contributed by atoms with Gasteiger partial charge in [0.15, 0.2) is 0 Å². The van der Waals surface area contributed by atoms with E-state index in [0.717, 1.165) is 16.8 Å². The minimum atomic E-state index is 0.541. The van der Waals surface area contributed by atoms with Crippen LogP contribution in [0.2, 0.25) is 10.0 Å². The van der Waals surface area contributed by atoms with Gasteiger partial charge in [0, 0.05) is 16.3 Å². The van der Waals surface area contributed by atoms with Gasteiger partial charge in [0.2, 0.25) is 0 Å². The van der Waals surface area contributed by atoms with Gasteiger partial charge in [-0.15, -0.1) is 5.10 Å². The number of nitrogen functional groups attached to an aromatic ring is 1. The van der Waals surface area contributed by atoms with Gasteiger partial charge in [0.25, 0.3) is 0 Å². The molecule has 106 valence electrons. The molecule has 0 fully saturated rings. The Morgan fingerprint density at radius 2 is 1.90 bits per heavy atom. The molecule has 0 aliphatic carbocycles. The van der Waals surface area contributed by atoms with Crippen LogP contribution in [0.15, 0.2) is 42.6 Å². The standard InChI is InChI=1S/C15H12Cl2N4/c1-9-2-4-11(18)7-15(9)21-8-14(19-20-21)12-5-3-10(16)6-13(12)17/h2-8H,18H2,1H3. The van der Waals surface area contributed by atoms with Crippen LogP contribution in [0.4, 0.5) is 5.69 Å². The molecule has 2 N–H and O–H groups in total. The number of aromatic nitrogens is 3. The quantitative estimate of drug-likeness (QED) is 0.723. The topological polar surface area (TPSA) is 56.7 Å². The predicted octanol–water partition coefficient (Wildman–Crippen LogP) is 4.13. The molecule has 0 saturated heterocycles. The Kier molecular flexibility index (Phi) is 3.57. The molecule has 0 aliphatic heterocycles. The van der Waals surface area contributed by atoms with E-state index in [1.165, 1.54) is 0 Å². The van der Waals surface area contributed by atoms with Crippen molar-refractivity contribution in [2.45, 2.75) is 6.92 Å². The number of hydrogen-bond acceptors (Lipinski definition) is 3. The van der Waals surface area contributed by atoms with Crippen molar-refractivity contribution in [1.29, 1.82) is 0 Å². The lowest BCUT2D eigenvalue weighted by atomic mass is 10.1. The summed E-state index contributed by atoms with van der Waals surface area (Å²) in [5.74, 6) is 0. The molecule has 21 heavy (non-hydrogen) atoms. The highest BCUT2D eigenvalue weighted by Gasteiger charge is 2.10. The summed E-state index contributed by atoms with van der Waals surface area (Å²) in [7, 11) is 0. The molecule has 6 heteroatoms. The van der Waals surface area contributed by atoms with E-state index in [0.29, 0.717) is 21.4 Å². The van der Waals surface area contributed by atoms with Gasteiger partial charge in [-0.25, -0.2) is 4.68 Å². The fourth-order valence-electron chi connectivity index (χ4n) is 2.08. The van der Waals surface area contributed by atoms with E-state index >= 15 is 0 Å². The van der Waals surface area contributed by atoms with Crippen LogP contribution in [0.5, 0.6) is 0 Å². The van der Waals surface area contributed by atoms with Gasteiger partial charge in [0.1, 0.15) is 5.69 Å². The van der Waals surface area contributed by atoms with E-state index in [1.54, 1.807) is 16.8 Å². The van der Waals surface area contributed by atoms with Crippen molar-refractivity contribution >= 4 is 28.9 Å². The molecule has 0 spiro atoms. The first kappa shape index (κ1) is 13.9. The van der Waals surface area contributed by atoms with Gasteiger partial charge in [-0.3, -0.25) is 0 Å². The Bertz CT molecular complexity index is 811. The monoisotopic (exact) mass is 318 g/mol. The fourth-order valence-corrected chi connectivity index (χ4v) is 2.58. The molecule has 0 aliphatic rings. The summed E-state index contributed by atoms with van der Waals surface area (Å²) in [4.78, 5) is 0. The molecule has 0 atom stereocenters. The van der Waals surface area contributed by atoms with Crippen molar-refractivity contribution in [3.63, 3.8) is 0 Å². The van der Waals surface area contributed by atoms with Crippen LogP contribution in [0, 0.1) is 6.92 Å². The molecule has 0 bridgehead atoms. The van der Waals surface area contributed by atoms with Crippen molar-refractivity contribution in [3.05, 3.63) is 58.2 Å². The van der Waals surface area contributed by atoms with Gasteiger partial charge in [-0.05, 0) is 42.8 Å². The summed E-state index contributed by atoms with van der Waals surface area (Å²) >= 11 is 12.1. The number of aryl methyl sites for hydroxylation is 1. The summed E-state index contributed by atoms with van der Waals surface area (Å²) < 4.78 is 1.69. The SMILES string of the molecule is Cc1ccc(N)cc1-n1cc(-c2ccc(Cl)cc2Cl)nn1. The normalized spacial score (nSPS) is 10.8. The first-order chi connectivity index (χ1) is 10.0. The molecule has 4 nitrogen and oxygen atoms in total. The number of nitrogens with zero attached hydrogens (tertiary/aromatic N) is 3. The van der Waals surface area contributed by atoms with Crippen molar-refractivity contribution < 1.29 is 0 Å². The van der Waals surface area contributed by atoms with E-state index in [2.05, 4.69) is 10.3 Å². The van der Waals surface area contributed by atoms with Crippen LogP contribution >= 0.6 is 23.2 Å². The Morgan fingerprint density at radius 1 is 1.10 bits per heavy atom. The van der Waals surface area contributed by atoms with Crippen LogP contribution in [-0.4, -0.2) is 15.0 Å². The first-order valence-corrected chi connectivity index (χ1v) is 7.04. The zero-order chi connectivity index (χ0) is 15.0. The van der Waals surface area contributed by atoms with E-state index in [9.17, 15) is 0 Å². The van der Waals surface area contributed by atoms with Gasteiger partial charge < -0.3 is 5.73 Å². The van der Waals surface area contributed by atoms with Crippen LogP contribution < -0.4 is 5.73 Å². The maximum Gasteiger partial charge on any atom is 0.115 e. The van der Waals surface area contributed by atoms with E-state index in [4.69, 9.17) is 28.9 Å². The van der Waals surface area contributed by atoms with Crippen molar-refractivity contribution in [2.24, 2.45) is 0 Å². The summed E-state index contributed by atoms with van der Waals surface area (Å²) in [6, 6.07) is 10.9. The van der Waals surface area contributed by atoms with Crippen molar-refractivity contribution in [2.75, 3.05) is 5.73 Å². The summed E-state index contributed by atoms with van der Waals surface area (Å²) in [6.45, 7) is 1.99. The van der Waals surface area contributed by atoms with Crippen molar-refractivity contribution in [1.82, 2.24) is 15.0 Å². The highest BCUT2D eigenvalue weighted by atomic mass is 35.5. The van der Waals surface area contributed by atoms with Crippen LogP contribution in [0.25, 0.3) is 16.9 Å². The Hall–Kier alpha value is -2.04. The average Bonchev–Trinajstić information content (AvgIpc) is 2.91. The summed E-state index contributed by atoms with van der Waals surface area (Å²) in [5, 5.41) is 9.44. The third-order valence-electron chi connectivity index (χ3n) is 3.18. The Balaban J connectivity index is 2.06. The predicted molar refractivity (Wildman–Crippen MR) is 86.0 cm³/mol. The second-order valence-corrected chi connectivity index (χ2v) is 5.56. The minimum Gasteiger partial charge on any atom is -0.399 e. The zero-order valence-electron chi connectivity index (χ0n) is 11.2.